The summed E-state index contributed by atoms with van der Waals surface area (Å²) >= 11 is 0. The molecule has 0 aliphatic carbocycles. The first-order chi connectivity index (χ1) is 13.3. The van der Waals surface area contributed by atoms with Crippen LogP contribution in [0.3, 0.4) is 0 Å². The average Bonchev–Trinajstić information content (AvgIpc) is 2.65. The van der Waals surface area contributed by atoms with Gasteiger partial charge in [-0.25, -0.2) is 0 Å². The normalized spacial score (nSPS) is 28.6. The summed E-state index contributed by atoms with van der Waals surface area (Å²) in [6.45, 7) is 4.79. The van der Waals surface area contributed by atoms with Crippen LogP contribution in [0, 0.1) is 5.92 Å². The van der Waals surface area contributed by atoms with Gasteiger partial charge in [0, 0.05) is 32.9 Å². The fraction of sp³-hybridized carbons (Fsp3) is 0.947. The van der Waals surface area contributed by atoms with Gasteiger partial charge < -0.3 is 40.5 Å². The summed E-state index contributed by atoms with van der Waals surface area (Å²) in [6, 6.07) is -0.695. The Hall–Kier alpha value is -0.810. The highest BCUT2D eigenvalue weighted by molar-refractivity contribution is 5.81. The van der Waals surface area contributed by atoms with Gasteiger partial charge in [-0.05, 0) is 31.6 Å². The zero-order valence-electron chi connectivity index (χ0n) is 17.1. The Bertz CT molecular complexity index is 439. The minimum Gasteiger partial charge on any atom is -0.394 e. The molecule has 166 valence electrons. The Balaban J connectivity index is 2.90. The summed E-state index contributed by atoms with van der Waals surface area (Å²) in [5.41, 5.74) is 6.02. The Kier molecular flexibility index (Phi) is 12.1. The Morgan fingerprint density at radius 2 is 1.82 bits per heavy atom. The number of ether oxygens (including phenoxy) is 2. The average molecular weight is 407 g/mol. The highest BCUT2D eigenvalue weighted by Gasteiger charge is 2.35. The zero-order chi connectivity index (χ0) is 21.1. The smallest absolute Gasteiger partial charge is 0.239 e. The second-order valence-corrected chi connectivity index (χ2v) is 7.84. The Morgan fingerprint density at radius 3 is 2.46 bits per heavy atom. The van der Waals surface area contributed by atoms with Crippen molar-refractivity contribution in [3.63, 3.8) is 0 Å². The SMILES string of the molecule is CC(C)C[C@@H](N)C(=O)N1CCCOCCCCO[C@H]([C@H](O)CO)[C@H](O)[C@H](O)C1. The van der Waals surface area contributed by atoms with Gasteiger partial charge >= 0.3 is 0 Å². The van der Waals surface area contributed by atoms with Crippen LogP contribution in [-0.2, 0) is 14.3 Å². The third kappa shape index (κ3) is 8.69. The number of hydrogen-bond acceptors (Lipinski definition) is 8. The standard InChI is InChI=1S/C19H38N2O7/c1-13(2)10-14(20)19(26)21-6-5-8-27-7-3-4-9-28-18(16(24)12-22)17(25)15(23)11-21/h13-18,22-25H,3-12,20H2,1-2H3/t14-,15-,16-,17-,18-/m1/s1. The Labute approximate surface area is 167 Å². The first-order valence-electron chi connectivity index (χ1n) is 10.2. The van der Waals surface area contributed by atoms with E-state index in [2.05, 4.69) is 0 Å². The van der Waals surface area contributed by atoms with Gasteiger partial charge in [0.1, 0.15) is 24.4 Å². The fourth-order valence-electron chi connectivity index (χ4n) is 3.21. The van der Waals surface area contributed by atoms with Crippen molar-refractivity contribution in [1.82, 2.24) is 4.90 Å². The van der Waals surface area contributed by atoms with Gasteiger partial charge in [0.05, 0.1) is 12.6 Å². The van der Waals surface area contributed by atoms with E-state index in [0.717, 1.165) is 6.42 Å². The van der Waals surface area contributed by atoms with Crippen LogP contribution in [0.5, 0.6) is 0 Å². The molecule has 0 spiro atoms. The molecule has 0 unspecified atom stereocenters. The second-order valence-electron chi connectivity index (χ2n) is 7.84. The third-order valence-electron chi connectivity index (χ3n) is 4.77. The lowest BCUT2D eigenvalue weighted by Gasteiger charge is -2.34. The van der Waals surface area contributed by atoms with Crippen molar-refractivity contribution in [2.24, 2.45) is 11.7 Å². The molecule has 1 rings (SSSR count). The molecule has 1 amide bonds. The molecule has 28 heavy (non-hydrogen) atoms. The van der Waals surface area contributed by atoms with Crippen molar-refractivity contribution >= 4 is 5.91 Å². The first-order valence-corrected chi connectivity index (χ1v) is 10.2. The van der Waals surface area contributed by atoms with Crippen LogP contribution in [0.4, 0.5) is 0 Å². The van der Waals surface area contributed by atoms with E-state index in [1.54, 1.807) is 0 Å². The van der Waals surface area contributed by atoms with Gasteiger partial charge in [0.2, 0.25) is 5.91 Å². The predicted molar refractivity (Wildman–Crippen MR) is 104 cm³/mol. The van der Waals surface area contributed by atoms with Crippen molar-refractivity contribution < 1.29 is 34.7 Å². The molecular formula is C19H38N2O7. The van der Waals surface area contributed by atoms with Gasteiger partial charge in [0.25, 0.3) is 0 Å². The molecule has 1 fully saturated rings. The number of amides is 1. The molecule has 9 nitrogen and oxygen atoms in total. The van der Waals surface area contributed by atoms with E-state index in [4.69, 9.17) is 15.2 Å². The number of β-amino-alcohol motifs (C(OH)–C–C–N with tert-alkyl or cyclic N) is 1. The van der Waals surface area contributed by atoms with E-state index in [1.807, 2.05) is 13.8 Å². The largest absolute Gasteiger partial charge is 0.394 e. The molecule has 0 aromatic heterocycles. The number of nitrogens with two attached hydrogens (primary N) is 1. The molecule has 0 bridgehead atoms. The predicted octanol–water partition coefficient (Wildman–Crippen LogP) is -1.15. The topological polar surface area (TPSA) is 146 Å². The van der Waals surface area contributed by atoms with Crippen molar-refractivity contribution in [3.8, 4) is 0 Å². The van der Waals surface area contributed by atoms with Gasteiger partial charge in [-0.15, -0.1) is 0 Å². The molecule has 0 aromatic carbocycles. The van der Waals surface area contributed by atoms with Crippen LogP contribution in [0.25, 0.3) is 0 Å². The molecule has 0 saturated carbocycles. The van der Waals surface area contributed by atoms with E-state index in [-0.39, 0.29) is 25.0 Å². The highest BCUT2D eigenvalue weighted by Crippen LogP contribution is 2.14. The fourth-order valence-corrected chi connectivity index (χ4v) is 3.21. The number of aliphatic hydroxyl groups is 4. The lowest BCUT2D eigenvalue weighted by Crippen LogP contribution is -2.54. The van der Waals surface area contributed by atoms with E-state index in [9.17, 15) is 25.2 Å². The van der Waals surface area contributed by atoms with Gasteiger partial charge in [-0.1, -0.05) is 13.8 Å². The monoisotopic (exact) mass is 406 g/mol. The maximum Gasteiger partial charge on any atom is 0.239 e. The van der Waals surface area contributed by atoms with Gasteiger partial charge in [0.15, 0.2) is 0 Å². The summed E-state index contributed by atoms with van der Waals surface area (Å²) in [6.07, 6.45) is -2.83. The Morgan fingerprint density at radius 1 is 1.18 bits per heavy atom. The molecule has 1 heterocycles. The molecule has 1 saturated heterocycles. The molecule has 1 aliphatic rings. The number of carbonyl (C=O) groups is 1. The lowest BCUT2D eigenvalue weighted by atomic mass is 10.0. The third-order valence-corrected chi connectivity index (χ3v) is 4.77. The van der Waals surface area contributed by atoms with Crippen molar-refractivity contribution in [3.05, 3.63) is 0 Å². The summed E-state index contributed by atoms with van der Waals surface area (Å²) in [7, 11) is 0. The number of aliphatic hydroxyl groups excluding tert-OH is 4. The quantitative estimate of drug-likeness (QED) is 0.385. The van der Waals surface area contributed by atoms with E-state index in [1.165, 1.54) is 4.90 Å². The van der Waals surface area contributed by atoms with Crippen LogP contribution < -0.4 is 5.73 Å². The van der Waals surface area contributed by atoms with E-state index >= 15 is 0 Å². The lowest BCUT2D eigenvalue weighted by molar-refractivity contribution is -0.152. The van der Waals surface area contributed by atoms with Gasteiger partial charge in [-0.2, -0.15) is 0 Å². The summed E-state index contributed by atoms with van der Waals surface area (Å²) in [5, 5.41) is 40.2. The van der Waals surface area contributed by atoms with E-state index in [0.29, 0.717) is 39.0 Å². The molecule has 0 radical (unpaired) electrons. The number of rotatable bonds is 5. The van der Waals surface area contributed by atoms with Crippen molar-refractivity contribution in [1.29, 1.82) is 0 Å². The minimum absolute atomic E-state index is 0.149. The van der Waals surface area contributed by atoms with Crippen molar-refractivity contribution in [2.45, 2.75) is 70.0 Å². The highest BCUT2D eigenvalue weighted by atomic mass is 16.5. The van der Waals surface area contributed by atoms with Gasteiger partial charge in [-0.3, -0.25) is 4.79 Å². The van der Waals surface area contributed by atoms with Crippen molar-refractivity contribution in [2.75, 3.05) is 39.5 Å². The number of hydrogen-bond donors (Lipinski definition) is 5. The molecule has 5 atom stereocenters. The first kappa shape index (κ1) is 25.2. The summed E-state index contributed by atoms with van der Waals surface area (Å²) < 4.78 is 11.1. The molecule has 1 aliphatic heterocycles. The molecule has 6 N–H and O–H groups in total. The molecule has 0 aromatic rings. The van der Waals surface area contributed by atoms with E-state index < -0.39 is 37.1 Å². The summed E-state index contributed by atoms with van der Waals surface area (Å²) in [4.78, 5) is 14.2. The maximum atomic E-state index is 12.7. The number of carbonyl (C=O) groups excluding carboxylic acids is 1. The minimum atomic E-state index is -1.46. The molecular weight excluding hydrogens is 368 g/mol. The maximum absolute atomic E-state index is 12.7. The summed E-state index contributed by atoms with van der Waals surface area (Å²) in [5.74, 6) is -0.0535. The van der Waals surface area contributed by atoms with Crippen LogP contribution in [0.1, 0.15) is 39.5 Å². The van der Waals surface area contributed by atoms with Crippen LogP contribution in [-0.4, -0.2) is 101 Å². The number of nitrogens with zero attached hydrogens (tertiary/aromatic N) is 1. The molecule has 9 heteroatoms. The second kappa shape index (κ2) is 13.4. The van der Waals surface area contributed by atoms with Crippen LogP contribution >= 0.6 is 0 Å². The zero-order valence-corrected chi connectivity index (χ0v) is 17.1. The van der Waals surface area contributed by atoms with Crippen LogP contribution in [0.15, 0.2) is 0 Å². The van der Waals surface area contributed by atoms with Crippen LogP contribution in [0.2, 0.25) is 0 Å².